The fourth-order valence-electron chi connectivity index (χ4n) is 2.76. The van der Waals surface area contributed by atoms with Gasteiger partial charge in [-0.05, 0) is 44.1 Å². The van der Waals surface area contributed by atoms with Gasteiger partial charge in [0.05, 0.1) is 0 Å². The smallest absolute Gasteiger partial charge is 0.00949 e. The third kappa shape index (κ3) is 3.27. The second-order valence-electron chi connectivity index (χ2n) is 5.32. The summed E-state index contributed by atoms with van der Waals surface area (Å²) in [6.45, 7) is 7.08. The van der Waals surface area contributed by atoms with Gasteiger partial charge in [0.25, 0.3) is 0 Å². The molecule has 4 unspecified atom stereocenters. The summed E-state index contributed by atoms with van der Waals surface area (Å²) in [6, 6.07) is 0.773. The van der Waals surface area contributed by atoms with Gasteiger partial charge in [0.1, 0.15) is 0 Å². The van der Waals surface area contributed by atoms with Crippen molar-refractivity contribution in [3.8, 4) is 0 Å². The van der Waals surface area contributed by atoms with E-state index in [1.165, 1.54) is 32.1 Å². The minimum absolute atomic E-state index is 0.773. The van der Waals surface area contributed by atoms with E-state index < -0.39 is 0 Å². The highest BCUT2D eigenvalue weighted by atomic mass is 14.9. The van der Waals surface area contributed by atoms with Crippen LogP contribution in [0.3, 0.4) is 0 Å². The molecule has 0 heterocycles. The standard InChI is InChI=1S/C13H27N/c1-5-10(2)9-13(14-4)12-7-6-11(3)8-12/h10-14H,5-9H2,1-4H3. The maximum absolute atomic E-state index is 3.53. The lowest BCUT2D eigenvalue weighted by Crippen LogP contribution is -2.34. The topological polar surface area (TPSA) is 12.0 Å². The Bertz CT molecular complexity index is 155. The third-order valence-electron chi connectivity index (χ3n) is 4.03. The van der Waals surface area contributed by atoms with Crippen LogP contribution in [0.1, 0.15) is 52.9 Å². The molecule has 84 valence electrons. The van der Waals surface area contributed by atoms with Crippen molar-refractivity contribution < 1.29 is 0 Å². The van der Waals surface area contributed by atoms with Crippen LogP contribution in [0.2, 0.25) is 0 Å². The van der Waals surface area contributed by atoms with Crippen molar-refractivity contribution in [1.82, 2.24) is 5.32 Å². The van der Waals surface area contributed by atoms with Crippen molar-refractivity contribution in [3.63, 3.8) is 0 Å². The van der Waals surface area contributed by atoms with Gasteiger partial charge in [-0.15, -0.1) is 0 Å². The van der Waals surface area contributed by atoms with Crippen LogP contribution in [0.5, 0.6) is 0 Å². The van der Waals surface area contributed by atoms with Gasteiger partial charge in [-0.3, -0.25) is 0 Å². The van der Waals surface area contributed by atoms with Gasteiger partial charge >= 0.3 is 0 Å². The molecule has 14 heavy (non-hydrogen) atoms. The van der Waals surface area contributed by atoms with E-state index in [2.05, 4.69) is 33.1 Å². The molecule has 0 spiro atoms. The average molecular weight is 197 g/mol. The maximum Gasteiger partial charge on any atom is 0.00949 e. The van der Waals surface area contributed by atoms with Crippen LogP contribution in [-0.4, -0.2) is 13.1 Å². The molecule has 0 radical (unpaired) electrons. The molecule has 1 heteroatoms. The van der Waals surface area contributed by atoms with E-state index in [0.717, 1.165) is 23.8 Å². The molecule has 1 aliphatic carbocycles. The second-order valence-corrected chi connectivity index (χ2v) is 5.32. The Morgan fingerprint density at radius 3 is 2.50 bits per heavy atom. The Kier molecular flexibility index (Phi) is 4.94. The normalized spacial score (nSPS) is 31.7. The van der Waals surface area contributed by atoms with Crippen molar-refractivity contribution in [2.45, 2.75) is 58.9 Å². The molecule has 1 nitrogen and oxygen atoms in total. The molecule has 1 fully saturated rings. The highest BCUT2D eigenvalue weighted by Crippen LogP contribution is 2.34. The van der Waals surface area contributed by atoms with Crippen molar-refractivity contribution >= 4 is 0 Å². The van der Waals surface area contributed by atoms with Crippen molar-refractivity contribution in [2.24, 2.45) is 17.8 Å². The molecule has 4 atom stereocenters. The van der Waals surface area contributed by atoms with Gasteiger partial charge in [0, 0.05) is 6.04 Å². The summed E-state index contributed by atoms with van der Waals surface area (Å²) >= 11 is 0. The van der Waals surface area contributed by atoms with Crippen LogP contribution >= 0.6 is 0 Å². The molecule has 1 N–H and O–H groups in total. The monoisotopic (exact) mass is 197 g/mol. The summed E-state index contributed by atoms with van der Waals surface area (Å²) in [4.78, 5) is 0. The lowest BCUT2D eigenvalue weighted by molar-refractivity contribution is 0.307. The fraction of sp³-hybridized carbons (Fsp3) is 1.00. The minimum atomic E-state index is 0.773. The number of nitrogens with one attached hydrogen (secondary N) is 1. The zero-order valence-corrected chi connectivity index (χ0v) is 10.3. The Labute approximate surface area is 89.7 Å². The van der Waals surface area contributed by atoms with Crippen LogP contribution in [0.4, 0.5) is 0 Å². The Morgan fingerprint density at radius 1 is 1.36 bits per heavy atom. The van der Waals surface area contributed by atoms with Gasteiger partial charge in [0.2, 0.25) is 0 Å². The lowest BCUT2D eigenvalue weighted by Gasteiger charge is -2.25. The first-order valence-corrected chi connectivity index (χ1v) is 6.34. The van der Waals surface area contributed by atoms with Gasteiger partial charge in [-0.25, -0.2) is 0 Å². The molecule has 0 bridgehead atoms. The molecular weight excluding hydrogens is 170 g/mol. The Morgan fingerprint density at radius 2 is 2.07 bits per heavy atom. The van der Waals surface area contributed by atoms with Gasteiger partial charge in [0.15, 0.2) is 0 Å². The summed E-state index contributed by atoms with van der Waals surface area (Å²) < 4.78 is 0. The van der Waals surface area contributed by atoms with Crippen molar-refractivity contribution in [2.75, 3.05) is 7.05 Å². The van der Waals surface area contributed by atoms with E-state index in [1.54, 1.807) is 0 Å². The molecule has 0 aromatic heterocycles. The van der Waals surface area contributed by atoms with E-state index in [9.17, 15) is 0 Å². The number of hydrogen-bond donors (Lipinski definition) is 1. The fourth-order valence-corrected chi connectivity index (χ4v) is 2.76. The maximum atomic E-state index is 3.53. The van der Waals surface area contributed by atoms with E-state index in [1.807, 2.05) is 0 Å². The van der Waals surface area contributed by atoms with Crippen LogP contribution in [-0.2, 0) is 0 Å². The van der Waals surface area contributed by atoms with Crippen molar-refractivity contribution in [1.29, 1.82) is 0 Å². The summed E-state index contributed by atoms with van der Waals surface area (Å²) in [7, 11) is 2.13. The third-order valence-corrected chi connectivity index (χ3v) is 4.03. The Hall–Kier alpha value is -0.0400. The first kappa shape index (κ1) is 12.0. The molecule has 0 aliphatic heterocycles. The highest BCUT2D eigenvalue weighted by molar-refractivity contribution is 4.83. The highest BCUT2D eigenvalue weighted by Gasteiger charge is 2.28. The largest absolute Gasteiger partial charge is 0.317 e. The average Bonchev–Trinajstić information content (AvgIpc) is 2.60. The van der Waals surface area contributed by atoms with E-state index >= 15 is 0 Å². The molecule has 1 aliphatic rings. The van der Waals surface area contributed by atoms with Gasteiger partial charge in [-0.2, -0.15) is 0 Å². The predicted octanol–water partition coefficient (Wildman–Crippen LogP) is 3.45. The zero-order chi connectivity index (χ0) is 10.6. The van der Waals surface area contributed by atoms with Gasteiger partial charge < -0.3 is 5.32 Å². The Balaban J connectivity index is 2.37. The quantitative estimate of drug-likeness (QED) is 0.712. The molecule has 0 aromatic carbocycles. The van der Waals surface area contributed by atoms with E-state index in [-0.39, 0.29) is 0 Å². The first-order chi connectivity index (χ1) is 6.67. The summed E-state index contributed by atoms with van der Waals surface area (Å²) in [5, 5.41) is 3.53. The molecule has 1 rings (SSSR count). The molecule has 0 aromatic rings. The van der Waals surface area contributed by atoms with Gasteiger partial charge in [-0.1, -0.05) is 33.6 Å². The molecule has 0 saturated heterocycles. The molecule has 1 saturated carbocycles. The zero-order valence-electron chi connectivity index (χ0n) is 10.3. The summed E-state index contributed by atoms with van der Waals surface area (Å²) in [5.74, 6) is 2.79. The number of rotatable bonds is 5. The van der Waals surface area contributed by atoms with E-state index in [0.29, 0.717) is 0 Å². The summed E-state index contributed by atoms with van der Waals surface area (Å²) in [6.07, 6.45) is 7.03. The second kappa shape index (κ2) is 5.75. The summed E-state index contributed by atoms with van der Waals surface area (Å²) in [5.41, 5.74) is 0. The molecule has 0 amide bonds. The van der Waals surface area contributed by atoms with Crippen LogP contribution in [0.15, 0.2) is 0 Å². The molecular formula is C13H27N. The SMILES string of the molecule is CCC(C)CC(NC)C1CCC(C)C1. The number of hydrogen-bond acceptors (Lipinski definition) is 1. The van der Waals surface area contributed by atoms with Crippen molar-refractivity contribution in [3.05, 3.63) is 0 Å². The first-order valence-electron chi connectivity index (χ1n) is 6.34. The predicted molar refractivity (Wildman–Crippen MR) is 63.4 cm³/mol. The van der Waals surface area contributed by atoms with Crippen LogP contribution in [0, 0.1) is 17.8 Å². The van der Waals surface area contributed by atoms with E-state index in [4.69, 9.17) is 0 Å². The van der Waals surface area contributed by atoms with Crippen LogP contribution in [0.25, 0.3) is 0 Å². The lowest BCUT2D eigenvalue weighted by atomic mass is 9.88. The minimum Gasteiger partial charge on any atom is -0.317 e. The van der Waals surface area contributed by atoms with Crippen LogP contribution < -0.4 is 5.32 Å².